The van der Waals surface area contributed by atoms with E-state index in [1.165, 1.54) is 0 Å². The zero-order valence-electron chi connectivity index (χ0n) is 7.29. The van der Waals surface area contributed by atoms with Crippen LogP contribution in [0.15, 0.2) is 0 Å². The van der Waals surface area contributed by atoms with E-state index in [2.05, 4.69) is 0 Å². The fourth-order valence-electron chi connectivity index (χ4n) is 2.00. The molecule has 2 rings (SSSR count). The van der Waals surface area contributed by atoms with Crippen LogP contribution in [0.2, 0.25) is 0 Å². The van der Waals surface area contributed by atoms with Gasteiger partial charge in [-0.3, -0.25) is 0 Å². The minimum atomic E-state index is -0.628. The predicted molar refractivity (Wildman–Crippen MR) is 43.7 cm³/mol. The van der Waals surface area contributed by atoms with Crippen LogP contribution in [0.4, 0.5) is 0 Å². The quantitative estimate of drug-likeness (QED) is 0.593. The third-order valence-corrected chi connectivity index (χ3v) is 2.74. The molecule has 70 valence electrons. The summed E-state index contributed by atoms with van der Waals surface area (Å²) in [5, 5.41) is 9.73. The molecule has 2 aliphatic heterocycles. The molecule has 0 aromatic rings. The molecule has 0 aromatic heterocycles. The Balaban J connectivity index is 2.04. The molecule has 2 saturated heterocycles. The highest BCUT2D eigenvalue weighted by Crippen LogP contribution is 2.34. The number of aliphatic hydroxyl groups excluding tert-OH is 1. The molecular formula is C9H16O3. The first kappa shape index (κ1) is 8.48. The van der Waals surface area contributed by atoms with Gasteiger partial charge >= 0.3 is 0 Å². The fraction of sp³-hybridized carbons (Fsp3) is 1.00. The van der Waals surface area contributed by atoms with Crippen LogP contribution in [0.25, 0.3) is 0 Å². The summed E-state index contributed by atoms with van der Waals surface area (Å²) in [6.45, 7) is 1.47. The van der Waals surface area contributed by atoms with E-state index >= 15 is 0 Å². The van der Waals surface area contributed by atoms with Crippen LogP contribution >= 0.6 is 0 Å². The molecule has 0 bridgehead atoms. The smallest absolute Gasteiger partial charge is 0.194 e. The highest BCUT2D eigenvalue weighted by Gasteiger charge is 2.43. The van der Waals surface area contributed by atoms with Crippen molar-refractivity contribution in [3.8, 4) is 0 Å². The summed E-state index contributed by atoms with van der Waals surface area (Å²) in [5.41, 5.74) is 0. The Morgan fingerprint density at radius 2 is 1.83 bits per heavy atom. The number of hydrogen-bond acceptors (Lipinski definition) is 3. The van der Waals surface area contributed by atoms with E-state index in [0.717, 1.165) is 45.3 Å². The Kier molecular flexibility index (Phi) is 2.35. The van der Waals surface area contributed by atoms with Crippen molar-refractivity contribution in [2.24, 2.45) is 0 Å². The van der Waals surface area contributed by atoms with Crippen molar-refractivity contribution in [2.75, 3.05) is 13.2 Å². The van der Waals surface area contributed by atoms with Crippen molar-refractivity contribution in [1.82, 2.24) is 0 Å². The van der Waals surface area contributed by atoms with E-state index in [9.17, 15) is 5.11 Å². The average molecular weight is 172 g/mol. The Morgan fingerprint density at radius 3 is 2.42 bits per heavy atom. The predicted octanol–water partition coefficient (Wildman–Crippen LogP) is 1.05. The molecule has 1 N–H and O–H groups in total. The van der Waals surface area contributed by atoms with Crippen LogP contribution in [0.1, 0.15) is 32.1 Å². The molecule has 3 heteroatoms. The molecule has 0 unspecified atom stereocenters. The molecule has 0 aliphatic carbocycles. The number of ether oxygens (including phenoxy) is 2. The van der Waals surface area contributed by atoms with Crippen LogP contribution in [-0.2, 0) is 9.47 Å². The van der Waals surface area contributed by atoms with Crippen molar-refractivity contribution >= 4 is 0 Å². The third kappa shape index (κ3) is 1.37. The van der Waals surface area contributed by atoms with E-state index in [1.807, 2.05) is 0 Å². The minimum Gasteiger partial charge on any atom is -0.388 e. The lowest BCUT2D eigenvalue weighted by Gasteiger charge is -2.43. The van der Waals surface area contributed by atoms with Crippen molar-refractivity contribution in [1.29, 1.82) is 0 Å². The van der Waals surface area contributed by atoms with Crippen LogP contribution in [0.5, 0.6) is 0 Å². The minimum absolute atomic E-state index is 0.411. The Labute approximate surface area is 72.7 Å². The summed E-state index contributed by atoms with van der Waals surface area (Å²) in [5.74, 6) is -0.628. The van der Waals surface area contributed by atoms with Crippen molar-refractivity contribution in [2.45, 2.75) is 44.0 Å². The summed E-state index contributed by atoms with van der Waals surface area (Å²) in [4.78, 5) is 0. The van der Waals surface area contributed by atoms with E-state index in [4.69, 9.17) is 9.47 Å². The molecule has 2 atom stereocenters. The molecule has 12 heavy (non-hydrogen) atoms. The number of rotatable bonds is 0. The molecule has 0 radical (unpaired) electrons. The molecule has 0 saturated carbocycles. The zero-order chi connectivity index (χ0) is 8.44. The molecule has 2 fully saturated rings. The first-order chi connectivity index (χ1) is 5.83. The van der Waals surface area contributed by atoms with Crippen LogP contribution in [0.3, 0.4) is 0 Å². The Morgan fingerprint density at radius 1 is 1.08 bits per heavy atom. The summed E-state index contributed by atoms with van der Waals surface area (Å²) in [6, 6.07) is 0. The average Bonchev–Trinajstić information content (AvgIpc) is 2.12. The van der Waals surface area contributed by atoms with Gasteiger partial charge in [-0.1, -0.05) is 0 Å². The molecule has 0 amide bonds. The summed E-state index contributed by atoms with van der Waals surface area (Å²) in [7, 11) is 0. The van der Waals surface area contributed by atoms with E-state index in [0.29, 0.717) is 0 Å². The summed E-state index contributed by atoms with van der Waals surface area (Å²) in [6.07, 6.45) is 4.42. The highest BCUT2D eigenvalue weighted by atomic mass is 16.7. The largest absolute Gasteiger partial charge is 0.388 e. The maximum absolute atomic E-state index is 9.73. The first-order valence-corrected chi connectivity index (χ1v) is 4.79. The van der Waals surface area contributed by atoms with Gasteiger partial charge < -0.3 is 14.6 Å². The van der Waals surface area contributed by atoms with Crippen molar-refractivity contribution in [3.63, 3.8) is 0 Å². The molecule has 1 spiro atoms. The van der Waals surface area contributed by atoms with Crippen LogP contribution < -0.4 is 0 Å². The molecule has 0 aromatic carbocycles. The van der Waals surface area contributed by atoms with Crippen molar-refractivity contribution < 1.29 is 14.6 Å². The normalized spacial score (nSPS) is 43.2. The highest BCUT2D eigenvalue weighted by molar-refractivity contribution is 4.84. The second kappa shape index (κ2) is 3.32. The van der Waals surface area contributed by atoms with Crippen LogP contribution in [-0.4, -0.2) is 30.2 Å². The van der Waals surface area contributed by atoms with Gasteiger partial charge in [-0.15, -0.1) is 0 Å². The molecule has 2 heterocycles. The molecule has 3 nitrogen and oxygen atoms in total. The summed E-state index contributed by atoms with van der Waals surface area (Å²) < 4.78 is 11.1. The molecular weight excluding hydrogens is 156 g/mol. The second-order valence-electron chi connectivity index (χ2n) is 3.62. The monoisotopic (exact) mass is 172 g/mol. The second-order valence-corrected chi connectivity index (χ2v) is 3.62. The van der Waals surface area contributed by atoms with E-state index in [-0.39, 0.29) is 0 Å². The topological polar surface area (TPSA) is 38.7 Å². The third-order valence-electron chi connectivity index (χ3n) is 2.74. The van der Waals surface area contributed by atoms with Crippen LogP contribution in [0, 0.1) is 0 Å². The summed E-state index contributed by atoms with van der Waals surface area (Å²) >= 11 is 0. The number of hydrogen-bond donors (Lipinski definition) is 1. The van der Waals surface area contributed by atoms with Gasteiger partial charge in [0.25, 0.3) is 0 Å². The van der Waals surface area contributed by atoms with Gasteiger partial charge in [0.15, 0.2) is 5.79 Å². The van der Waals surface area contributed by atoms with Gasteiger partial charge in [-0.2, -0.15) is 0 Å². The fourth-order valence-corrected chi connectivity index (χ4v) is 2.00. The standard InChI is InChI=1S/C9H16O3/c10-8-4-3-7-12-9(8)5-1-2-6-11-9/h8,10H,1-7H2/t8-,9-/m1/s1. The number of aliphatic hydroxyl groups is 1. The lowest BCUT2D eigenvalue weighted by Crippen LogP contribution is -2.52. The lowest BCUT2D eigenvalue weighted by atomic mass is 9.94. The Hall–Kier alpha value is -0.120. The maximum atomic E-state index is 9.73. The van der Waals surface area contributed by atoms with Gasteiger partial charge in [-0.05, 0) is 25.7 Å². The first-order valence-electron chi connectivity index (χ1n) is 4.79. The van der Waals surface area contributed by atoms with Gasteiger partial charge in [0.05, 0.1) is 13.2 Å². The lowest BCUT2D eigenvalue weighted by molar-refractivity contribution is -0.314. The molecule has 2 aliphatic rings. The van der Waals surface area contributed by atoms with Crippen molar-refractivity contribution in [3.05, 3.63) is 0 Å². The van der Waals surface area contributed by atoms with E-state index < -0.39 is 11.9 Å². The Bertz CT molecular complexity index is 144. The SMILES string of the molecule is O[C@@H]1CCCO[C@]12CCCCO2. The zero-order valence-corrected chi connectivity index (χ0v) is 7.29. The van der Waals surface area contributed by atoms with Gasteiger partial charge in [0.2, 0.25) is 0 Å². The van der Waals surface area contributed by atoms with E-state index in [1.54, 1.807) is 0 Å². The van der Waals surface area contributed by atoms with Gasteiger partial charge in [0, 0.05) is 6.42 Å². The maximum Gasteiger partial charge on any atom is 0.194 e. The van der Waals surface area contributed by atoms with Gasteiger partial charge in [0.1, 0.15) is 6.10 Å². The van der Waals surface area contributed by atoms with Gasteiger partial charge in [-0.25, -0.2) is 0 Å².